The van der Waals surface area contributed by atoms with Crippen molar-refractivity contribution >= 4 is 17.1 Å². The number of hydrogen-bond donors (Lipinski definition) is 1. The fraction of sp³-hybridized carbons (Fsp3) is 0.100. The highest BCUT2D eigenvalue weighted by Crippen LogP contribution is 2.22. The molecule has 0 unspecified atom stereocenters. The monoisotopic (exact) mass is 229 g/mol. The number of hydrogen-bond acceptors (Lipinski definition) is 6. The number of hydrazone groups is 1. The zero-order valence-corrected chi connectivity index (χ0v) is 8.84. The summed E-state index contributed by atoms with van der Waals surface area (Å²) in [6.07, 6.45) is 0. The molecule has 0 aliphatic heterocycles. The van der Waals surface area contributed by atoms with E-state index in [9.17, 15) is 10.1 Å². The van der Waals surface area contributed by atoms with Crippen LogP contribution >= 0.6 is 0 Å². The molecule has 0 bridgehead atoms. The van der Waals surface area contributed by atoms with Gasteiger partial charge in [0.15, 0.2) is 0 Å². The highest BCUT2D eigenvalue weighted by Gasteiger charge is 2.10. The first-order valence-electron chi connectivity index (χ1n) is 4.47. The molecule has 0 heterocycles. The lowest BCUT2D eigenvalue weighted by Crippen LogP contribution is -1.98. The van der Waals surface area contributed by atoms with Crippen molar-refractivity contribution in [1.29, 1.82) is 10.5 Å². The molecule has 7 nitrogen and oxygen atoms in total. The largest absolute Gasteiger partial charge is 0.276 e. The molecule has 0 aromatic heterocycles. The summed E-state index contributed by atoms with van der Waals surface area (Å²) in [5.41, 5.74) is 2.86. The first-order chi connectivity index (χ1) is 8.08. The van der Waals surface area contributed by atoms with Crippen LogP contribution in [0.3, 0.4) is 0 Å². The number of nitrogens with one attached hydrogen (secondary N) is 1. The fourth-order valence-electron chi connectivity index (χ4n) is 1.07. The zero-order valence-electron chi connectivity index (χ0n) is 8.84. The van der Waals surface area contributed by atoms with E-state index in [0.717, 1.165) is 0 Å². The average molecular weight is 229 g/mol. The second-order valence-electron chi connectivity index (χ2n) is 3.05. The van der Waals surface area contributed by atoms with Crippen LogP contribution in [0.15, 0.2) is 23.3 Å². The molecule has 1 N–H and O–H groups in total. The molecule has 0 aliphatic carbocycles. The van der Waals surface area contributed by atoms with E-state index in [2.05, 4.69) is 10.5 Å². The Hall–Kier alpha value is -2.93. The van der Waals surface area contributed by atoms with E-state index in [4.69, 9.17) is 10.5 Å². The lowest BCUT2D eigenvalue weighted by Gasteiger charge is -2.01. The lowest BCUT2D eigenvalue weighted by molar-refractivity contribution is -0.385. The molecule has 0 radical (unpaired) electrons. The third kappa shape index (κ3) is 3.01. The Labute approximate surface area is 96.7 Å². The third-order valence-electron chi connectivity index (χ3n) is 1.91. The minimum Gasteiger partial charge on any atom is -0.276 e. The van der Waals surface area contributed by atoms with Crippen molar-refractivity contribution in [2.24, 2.45) is 5.10 Å². The van der Waals surface area contributed by atoms with Gasteiger partial charge in [0.05, 0.1) is 10.6 Å². The number of nitrogens with zero attached hydrogens (tertiary/aromatic N) is 4. The molecule has 7 heteroatoms. The number of anilines is 1. The van der Waals surface area contributed by atoms with Crippen molar-refractivity contribution < 1.29 is 4.92 Å². The number of nitriles is 2. The molecule has 1 aromatic rings. The molecular weight excluding hydrogens is 222 g/mol. The summed E-state index contributed by atoms with van der Waals surface area (Å²) in [4.78, 5) is 10.1. The summed E-state index contributed by atoms with van der Waals surface area (Å²) >= 11 is 0. The molecule has 0 spiro atoms. The standard InChI is InChI=1S/C10H7N5O2/c1-7-2-3-8(4-10(7)15(16)17)13-14-9(5-11)6-12/h2-4,13H,1H3. The SMILES string of the molecule is Cc1ccc(NN=C(C#N)C#N)cc1[N+](=O)[O-]. The van der Waals surface area contributed by atoms with Gasteiger partial charge in [-0.25, -0.2) is 0 Å². The van der Waals surface area contributed by atoms with Crippen LogP contribution in [0.4, 0.5) is 11.4 Å². The first-order valence-corrected chi connectivity index (χ1v) is 4.47. The Kier molecular flexibility index (Phi) is 3.74. The summed E-state index contributed by atoms with van der Waals surface area (Å²) in [7, 11) is 0. The molecule has 17 heavy (non-hydrogen) atoms. The van der Waals surface area contributed by atoms with Gasteiger partial charge in [0, 0.05) is 11.6 Å². The molecule has 0 fully saturated rings. The molecule has 84 valence electrons. The van der Waals surface area contributed by atoms with E-state index in [1.54, 1.807) is 31.2 Å². The number of nitro benzene ring substituents is 1. The van der Waals surface area contributed by atoms with Crippen molar-refractivity contribution in [3.8, 4) is 12.1 Å². The number of aryl methyl sites for hydroxylation is 1. The van der Waals surface area contributed by atoms with Gasteiger partial charge in [0.25, 0.3) is 5.69 Å². The quantitative estimate of drug-likeness (QED) is 0.481. The van der Waals surface area contributed by atoms with Crippen LogP contribution in [0.5, 0.6) is 0 Å². The summed E-state index contributed by atoms with van der Waals surface area (Å²) in [6.45, 7) is 1.61. The van der Waals surface area contributed by atoms with Crippen LogP contribution in [0, 0.1) is 39.7 Å². The summed E-state index contributed by atoms with van der Waals surface area (Å²) < 4.78 is 0. The van der Waals surface area contributed by atoms with E-state index in [0.29, 0.717) is 11.3 Å². The number of benzene rings is 1. The Morgan fingerprint density at radius 2 is 2.12 bits per heavy atom. The predicted molar refractivity (Wildman–Crippen MR) is 60.1 cm³/mol. The topological polar surface area (TPSA) is 115 Å². The third-order valence-corrected chi connectivity index (χ3v) is 1.91. The number of rotatable bonds is 3. The molecule has 0 saturated carbocycles. The Morgan fingerprint density at radius 3 is 2.65 bits per heavy atom. The lowest BCUT2D eigenvalue weighted by atomic mass is 10.2. The van der Waals surface area contributed by atoms with Crippen molar-refractivity contribution in [3.63, 3.8) is 0 Å². The first kappa shape index (κ1) is 12.1. The van der Waals surface area contributed by atoms with Crippen molar-refractivity contribution in [2.75, 3.05) is 5.43 Å². The minimum absolute atomic E-state index is 0.0549. The second-order valence-corrected chi connectivity index (χ2v) is 3.05. The zero-order chi connectivity index (χ0) is 12.8. The van der Waals surface area contributed by atoms with Gasteiger partial charge in [-0.15, -0.1) is 0 Å². The minimum atomic E-state index is -0.514. The van der Waals surface area contributed by atoms with Crippen molar-refractivity contribution in [3.05, 3.63) is 33.9 Å². The molecule has 0 saturated heterocycles. The van der Waals surface area contributed by atoms with Gasteiger partial charge in [-0.05, 0) is 13.0 Å². The Morgan fingerprint density at radius 1 is 1.47 bits per heavy atom. The maximum Gasteiger partial charge on any atom is 0.274 e. The fourth-order valence-corrected chi connectivity index (χ4v) is 1.07. The van der Waals surface area contributed by atoms with Crippen LogP contribution in [0.25, 0.3) is 0 Å². The van der Waals surface area contributed by atoms with Crippen LogP contribution in [-0.2, 0) is 0 Å². The summed E-state index contributed by atoms with van der Waals surface area (Å²) in [6, 6.07) is 7.53. The van der Waals surface area contributed by atoms with Gasteiger partial charge in [-0.2, -0.15) is 15.6 Å². The predicted octanol–water partition coefficient (Wildman–Crippen LogP) is 1.72. The maximum absolute atomic E-state index is 10.7. The maximum atomic E-state index is 10.7. The van der Waals surface area contributed by atoms with Crippen LogP contribution in [0.2, 0.25) is 0 Å². The van der Waals surface area contributed by atoms with Crippen molar-refractivity contribution in [2.45, 2.75) is 6.92 Å². The van der Waals surface area contributed by atoms with Crippen LogP contribution < -0.4 is 5.43 Å². The second kappa shape index (κ2) is 5.24. The highest BCUT2D eigenvalue weighted by molar-refractivity contribution is 6.10. The van der Waals surface area contributed by atoms with E-state index in [1.807, 2.05) is 0 Å². The van der Waals surface area contributed by atoms with E-state index < -0.39 is 4.92 Å². The average Bonchev–Trinajstić information content (AvgIpc) is 2.32. The Balaban J connectivity index is 3.00. The van der Waals surface area contributed by atoms with E-state index in [1.165, 1.54) is 6.07 Å². The van der Waals surface area contributed by atoms with Gasteiger partial charge in [0.1, 0.15) is 12.1 Å². The summed E-state index contributed by atoms with van der Waals surface area (Å²) in [5, 5.41) is 31.0. The van der Waals surface area contributed by atoms with E-state index in [-0.39, 0.29) is 11.4 Å². The van der Waals surface area contributed by atoms with Gasteiger partial charge in [-0.1, -0.05) is 6.07 Å². The Bertz CT molecular complexity index is 549. The molecule has 1 rings (SSSR count). The van der Waals surface area contributed by atoms with Crippen molar-refractivity contribution in [1.82, 2.24) is 0 Å². The van der Waals surface area contributed by atoms with Gasteiger partial charge in [-0.3, -0.25) is 15.5 Å². The van der Waals surface area contributed by atoms with Gasteiger partial charge >= 0.3 is 0 Å². The molecule has 0 amide bonds. The highest BCUT2D eigenvalue weighted by atomic mass is 16.6. The van der Waals surface area contributed by atoms with Gasteiger partial charge < -0.3 is 0 Å². The smallest absolute Gasteiger partial charge is 0.274 e. The van der Waals surface area contributed by atoms with Crippen LogP contribution in [0.1, 0.15) is 5.56 Å². The molecule has 1 aromatic carbocycles. The molecule has 0 aliphatic rings. The normalized spacial score (nSPS) is 8.65. The molecule has 0 atom stereocenters. The molecular formula is C10H7N5O2. The van der Waals surface area contributed by atoms with E-state index >= 15 is 0 Å². The number of nitro groups is 1. The van der Waals surface area contributed by atoms with Gasteiger partial charge in [0.2, 0.25) is 5.71 Å². The van der Waals surface area contributed by atoms with Crippen LogP contribution in [-0.4, -0.2) is 10.6 Å². The summed E-state index contributed by atoms with van der Waals surface area (Å²) in [5.74, 6) is 0.